The Balaban J connectivity index is 1.12. The number of aromatic nitrogens is 1. The van der Waals surface area contributed by atoms with Gasteiger partial charge in [-0.2, -0.15) is 4.99 Å². The van der Waals surface area contributed by atoms with Crippen LogP contribution in [0.5, 0.6) is 0 Å². The van der Waals surface area contributed by atoms with Crippen LogP contribution in [0.4, 0.5) is 0 Å². The quantitative estimate of drug-likeness (QED) is 0.206. The van der Waals surface area contributed by atoms with E-state index < -0.39 is 0 Å². The Morgan fingerprint density at radius 3 is 1.98 bits per heavy atom. The van der Waals surface area contributed by atoms with Gasteiger partial charge in [0.25, 0.3) is 0 Å². The summed E-state index contributed by atoms with van der Waals surface area (Å²) in [6.45, 7) is 0. The number of fused-ring (bicyclic) bond motifs is 9. The molecule has 10 aromatic rings. The first-order chi connectivity index (χ1) is 25.3. The van der Waals surface area contributed by atoms with Crippen molar-refractivity contribution in [3.8, 4) is 11.1 Å². The van der Waals surface area contributed by atoms with Crippen LogP contribution in [0.2, 0.25) is 0 Å². The molecule has 0 saturated heterocycles. The van der Waals surface area contributed by atoms with Crippen LogP contribution in [-0.2, 0) is 0 Å². The van der Waals surface area contributed by atoms with E-state index in [4.69, 9.17) is 18.8 Å². The number of nitrogens with zero attached hydrogens (tertiary/aromatic N) is 3. The number of rotatable bonds is 3. The molecule has 3 aromatic heterocycles. The number of furan rings is 2. The predicted octanol–water partition coefficient (Wildman–Crippen LogP) is 11.2. The lowest BCUT2D eigenvalue weighted by Gasteiger charge is -2.24. The number of benzene rings is 7. The average molecular weight is 657 g/mol. The van der Waals surface area contributed by atoms with Crippen molar-refractivity contribution in [2.24, 2.45) is 9.98 Å². The van der Waals surface area contributed by atoms with Crippen LogP contribution in [0.15, 0.2) is 177 Å². The van der Waals surface area contributed by atoms with Crippen LogP contribution in [-0.4, -0.2) is 16.4 Å². The molecule has 4 heterocycles. The molecule has 51 heavy (non-hydrogen) atoms. The molecule has 0 amide bonds. The summed E-state index contributed by atoms with van der Waals surface area (Å²) < 4.78 is 15.1. The molecule has 7 aromatic carbocycles. The maximum absolute atomic E-state index is 6.48. The lowest BCUT2D eigenvalue weighted by molar-refractivity contribution is 0.667. The van der Waals surface area contributed by atoms with Crippen molar-refractivity contribution in [1.82, 2.24) is 9.88 Å². The summed E-state index contributed by atoms with van der Waals surface area (Å²) in [5.74, 6) is 1.37. The highest BCUT2D eigenvalue weighted by molar-refractivity contribution is 6.20. The van der Waals surface area contributed by atoms with Gasteiger partial charge in [-0.3, -0.25) is 4.57 Å². The Morgan fingerprint density at radius 2 is 1.16 bits per heavy atom. The molecule has 0 radical (unpaired) electrons. The smallest absolute Gasteiger partial charge is 0.234 e. The van der Waals surface area contributed by atoms with Gasteiger partial charge in [0.2, 0.25) is 5.96 Å². The third-order valence-corrected chi connectivity index (χ3v) is 10.1. The second kappa shape index (κ2) is 10.8. The second-order valence-electron chi connectivity index (χ2n) is 13.0. The Hall–Kier alpha value is -6.92. The van der Waals surface area contributed by atoms with Crippen molar-refractivity contribution < 1.29 is 8.83 Å². The summed E-state index contributed by atoms with van der Waals surface area (Å²) in [6, 6.07) is 54.3. The zero-order chi connectivity index (χ0) is 33.5. The van der Waals surface area contributed by atoms with Gasteiger partial charge in [0.05, 0.1) is 11.0 Å². The normalized spacial score (nSPS) is 14.9. The minimum absolute atomic E-state index is 0.341. The molecule has 0 saturated carbocycles. The molecule has 1 unspecified atom stereocenters. The SMILES string of the molecule is c1ccc(C2N=C(n3c4ccccc4c4ccccc43)N=C(c3ccc4oc5cccc(-c6cccc7c6oc6ccccc67)c5c4c3)N2)cc1. The van der Waals surface area contributed by atoms with Crippen molar-refractivity contribution in [3.63, 3.8) is 0 Å². The van der Waals surface area contributed by atoms with Crippen molar-refractivity contribution >= 4 is 77.5 Å². The molecule has 11 rings (SSSR count). The molecule has 1 aliphatic rings. The van der Waals surface area contributed by atoms with Crippen molar-refractivity contribution in [2.45, 2.75) is 6.17 Å². The molecule has 0 aliphatic carbocycles. The van der Waals surface area contributed by atoms with Crippen molar-refractivity contribution in [1.29, 1.82) is 0 Å². The maximum Gasteiger partial charge on any atom is 0.234 e. The summed E-state index contributed by atoms with van der Waals surface area (Å²) in [7, 11) is 0. The van der Waals surface area contributed by atoms with Crippen LogP contribution < -0.4 is 5.32 Å². The third kappa shape index (κ3) is 4.23. The molecule has 6 nitrogen and oxygen atoms in total. The molecule has 0 spiro atoms. The molecule has 1 atom stereocenters. The van der Waals surface area contributed by atoms with E-state index in [1.165, 1.54) is 10.8 Å². The van der Waals surface area contributed by atoms with E-state index in [0.29, 0.717) is 5.96 Å². The number of amidine groups is 1. The summed E-state index contributed by atoms with van der Waals surface area (Å²) in [5, 5.41) is 10.2. The Bertz CT molecular complexity index is 3020. The topological polar surface area (TPSA) is 68.0 Å². The van der Waals surface area contributed by atoms with E-state index in [9.17, 15) is 0 Å². The molecular weight excluding hydrogens is 629 g/mol. The number of para-hydroxylation sites is 4. The zero-order valence-electron chi connectivity index (χ0n) is 27.2. The summed E-state index contributed by atoms with van der Waals surface area (Å²) in [5.41, 5.74) is 9.59. The van der Waals surface area contributed by atoms with E-state index >= 15 is 0 Å². The first-order valence-corrected chi connectivity index (χ1v) is 17.1. The first-order valence-electron chi connectivity index (χ1n) is 17.1. The number of nitrogens with one attached hydrogen (secondary N) is 1. The van der Waals surface area contributed by atoms with Gasteiger partial charge in [0.15, 0.2) is 0 Å². The molecular formula is C45H28N4O2. The van der Waals surface area contributed by atoms with Crippen LogP contribution in [0.1, 0.15) is 17.3 Å². The fraction of sp³-hybridized carbons (Fsp3) is 0.0222. The highest BCUT2D eigenvalue weighted by atomic mass is 16.3. The average Bonchev–Trinajstić information content (AvgIpc) is 3.87. The fourth-order valence-corrected chi connectivity index (χ4v) is 7.78. The van der Waals surface area contributed by atoms with Crippen molar-refractivity contribution in [2.75, 3.05) is 0 Å². The number of hydrogen-bond acceptors (Lipinski definition) is 5. The van der Waals surface area contributed by atoms with Gasteiger partial charge in [0, 0.05) is 43.4 Å². The minimum atomic E-state index is -0.341. The first kappa shape index (κ1) is 28.0. The third-order valence-electron chi connectivity index (χ3n) is 10.1. The summed E-state index contributed by atoms with van der Waals surface area (Å²) in [6.07, 6.45) is -0.341. The van der Waals surface area contributed by atoms with Crippen LogP contribution >= 0.6 is 0 Å². The van der Waals surface area contributed by atoms with Gasteiger partial charge < -0.3 is 14.2 Å². The second-order valence-corrected chi connectivity index (χ2v) is 13.0. The molecule has 1 N–H and O–H groups in total. The molecule has 0 bridgehead atoms. The standard InChI is InChI=1S/C45H28N4O2/c1-2-12-27(13-3-1)43-46-44(48-45(47-43)49-36-20-7-4-14-29(36)30-15-5-8-21-37(30)49)28-24-25-39-35(26-28)41-32(17-11-23-40(41)50-39)34-19-10-18-33-31-16-6-9-22-38(31)51-42(33)34/h1-26,43H,(H,46,47,48). The highest BCUT2D eigenvalue weighted by Crippen LogP contribution is 2.42. The predicted molar refractivity (Wildman–Crippen MR) is 208 cm³/mol. The number of aliphatic imine (C=N–C) groups is 2. The van der Waals surface area contributed by atoms with Gasteiger partial charge in [-0.15, -0.1) is 0 Å². The van der Waals surface area contributed by atoms with Crippen LogP contribution in [0, 0.1) is 0 Å². The van der Waals surface area contributed by atoms with Crippen LogP contribution in [0.3, 0.4) is 0 Å². The van der Waals surface area contributed by atoms with E-state index in [0.717, 1.165) is 83.0 Å². The van der Waals surface area contributed by atoms with Gasteiger partial charge in [-0.05, 0) is 53.6 Å². The lowest BCUT2D eigenvalue weighted by atomic mass is 9.97. The number of hydrogen-bond donors (Lipinski definition) is 1. The Labute approximate surface area is 291 Å². The van der Waals surface area contributed by atoms with Gasteiger partial charge in [0.1, 0.15) is 34.3 Å². The van der Waals surface area contributed by atoms with E-state index in [1.54, 1.807) is 0 Å². The fourth-order valence-electron chi connectivity index (χ4n) is 7.78. The summed E-state index contributed by atoms with van der Waals surface area (Å²) in [4.78, 5) is 10.5. The largest absolute Gasteiger partial charge is 0.456 e. The Morgan fingerprint density at radius 1 is 0.510 bits per heavy atom. The Kier molecular flexibility index (Phi) is 5.92. The maximum atomic E-state index is 6.48. The molecule has 6 heteroatoms. The molecule has 240 valence electrons. The minimum Gasteiger partial charge on any atom is -0.456 e. The van der Waals surface area contributed by atoms with Crippen LogP contribution in [0.25, 0.3) is 76.8 Å². The lowest BCUT2D eigenvalue weighted by Crippen LogP contribution is -2.35. The highest BCUT2D eigenvalue weighted by Gasteiger charge is 2.25. The van der Waals surface area contributed by atoms with E-state index in [1.807, 2.05) is 48.5 Å². The van der Waals surface area contributed by atoms with Gasteiger partial charge >= 0.3 is 0 Å². The molecule has 1 aliphatic heterocycles. The van der Waals surface area contributed by atoms with E-state index in [2.05, 4.69) is 119 Å². The van der Waals surface area contributed by atoms with Gasteiger partial charge in [-0.1, -0.05) is 115 Å². The van der Waals surface area contributed by atoms with Crippen molar-refractivity contribution in [3.05, 3.63) is 169 Å². The molecule has 0 fully saturated rings. The zero-order valence-corrected chi connectivity index (χ0v) is 27.2. The monoisotopic (exact) mass is 656 g/mol. The van der Waals surface area contributed by atoms with Gasteiger partial charge in [-0.25, -0.2) is 4.99 Å². The van der Waals surface area contributed by atoms with E-state index in [-0.39, 0.29) is 6.17 Å². The summed E-state index contributed by atoms with van der Waals surface area (Å²) >= 11 is 0.